The summed E-state index contributed by atoms with van der Waals surface area (Å²) in [5.74, 6) is 0.322. The van der Waals surface area contributed by atoms with Gasteiger partial charge in [-0.3, -0.25) is 4.79 Å². The maximum Gasteiger partial charge on any atom is 0.243 e. The summed E-state index contributed by atoms with van der Waals surface area (Å²) in [6, 6.07) is 18.6. The Labute approximate surface area is 189 Å². The third kappa shape index (κ3) is 4.92. The van der Waals surface area contributed by atoms with E-state index in [-0.39, 0.29) is 11.8 Å². The average Bonchev–Trinajstić information content (AvgIpc) is 3.26. The highest BCUT2D eigenvalue weighted by Crippen LogP contribution is 2.25. The van der Waals surface area contributed by atoms with Gasteiger partial charge in [-0.05, 0) is 42.5 Å². The van der Waals surface area contributed by atoms with Gasteiger partial charge in [0.05, 0.1) is 17.6 Å². The van der Waals surface area contributed by atoms with E-state index < -0.39 is 10.0 Å². The molecule has 0 radical (unpaired) electrons. The SMILES string of the molecule is CCc1ccc(Cn2nccc2NC(=O)C2CCN(S(=O)(=O)c3ccccc3)CC2)cc1. The van der Waals surface area contributed by atoms with E-state index in [1.807, 2.05) is 0 Å². The van der Waals surface area contributed by atoms with Crippen LogP contribution in [0.3, 0.4) is 0 Å². The van der Waals surface area contributed by atoms with Gasteiger partial charge in [-0.1, -0.05) is 49.4 Å². The van der Waals surface area contributed by atoms with Crippen molar-refractivity contribution in [2.75, 3.05) is 18.4 Å². The Kier molecular flexibility index (Phi) is 6.72. The summed E-state index contributed by atoms with van der Waals surface area (Å²) in [5.41, 5.74) is 2.39. The van der Waals surface area contributed by atoms with E-state index in [0.717, 1.165) is 12.0 Å². The van der Waals surface area contributed by atoms with Gasteiger partial charge in [0.15, 0.2) is 0 Å². The van der Waals surface area contributed by atoms with Gasteiger partial charge >= 0.3 is 0 Å². The molecular formula is C24H28N4O3S. The Balaban J connectivity index is 1.35. The van der Waals surface area contributed by atoms with Crippen LogP contribution in [0.5, 0.6) is 0 Å². The molecule has 1 aromatic heterocycles. The number of rotatable bonds is 7. The van der Waals surface area contributed by atoms with Gasteiger partial charge in [-0.2, -0.15) is 9.40 Å². The second-order valence-corrected chi connectivity index (χ2v) is 9.96. The predicted octanol–water partition coefficient (Wildman–Crippen LogP) is 3.53. The van der Waals surface area contributed by atoms with Crippen LogP contribution >= 0.6 is 0 Å². The summed E-state index contributed by atoms with van der Waals surface area (Å²) < 4.78 is 28.8. The van der Waals surface area contributed by atoms with Crippen LogP contribution in [0.2, 0.25) is 0 Å². The molecule has 8 heteroatoms. The molecule has 0 saturated carbocycles. The molecule has 4 rings (SSSR count). The van der Waals surface area contributed by atoms with Crippen molar-refractivity contribution >= 4 is 21.7 Å². The zero-order valence-corrected chi connectivity index (χ0v) is 19.0. The molecule has 0 spiro atoms. The third-order valence-corrected chi connectivity index (χ3v) is 7.85. The van der Waals surface area contributed by atoms with E-state index in [1.54, 1.807) is 47.3 Å². The lowest BCUT2D eigenvalue weighted by Crippen LogP contribution is -2.41. The lowest BCUT2D eigenvalue weighted by atomic mass is 9.97. The quantitative estimate of drug-likeness (QED) is 0.594. The molecular weight excluding hydrogens is 424 g/mol. The zero-order chi connectivity index (χ0) is 22.6. The smallest absolute Gasteiger partial charge is 0.243 e. The number of sulfonamides is 1. The molecule has 1 fully saturated rings. The summed E-state index contributed by atoms with van der Waals surface area (Å²) in [5, 5.41) is 7.33. The summed E-state index contributed by atoms with van der Waals surface area (Å²) in [4.78, 5) is 13.2. The summed E-state index contributed by atoms with van der Waals surface area (Å²) in [6.07, 6.45) is 3.65. The molecule has 1 N–H and O–H groups in total. The topological polar surface area (TPSA) is 84.3 Å². The van der Waals surface area contributed by atoms with Crippen LogP contribution in [-0.4, -0.2) is 41.5 Å². The Morgan fingerprint density at radius 1 is 1.00 bits per heavy atom. The van der Waals surface area contributed by atoms with Crippen molar-refractivity contribution in [3.05, 3.63) is 78.0 Å². The minimum atomic E-state index is -3.52. The Morgan fingerprint density at radius 2 is 1.66 bits per heavy atom. The van der Waals surface area contributed by atoms with E-state index in [4.69, 9.17) is 0 Å². The number of carbonyl (C=O) groups excluding carboxylic acids is 1. The van der Waals surface area contributed by atoms with Crippen LogP contribution in [0.25, 0.3) is 0 Å². The molecule has 2 aromatic carbocycles. The fraction of sp³-hybridized carbons (Fsp3) is 0.333. The fourth-order valence-electron chi connectivity index (χ4n) is 3.95. The zero-order valence-electron chi connectivity index (χ0n) is 18.1. The van der Waals surface area contributed by atoms with Crippen molar-refractivity contribution in [3.8, 4) is 0 Å². The molecule has 1 aliphatic rings. The Morgan fingerprint density at radius 3 is 2.31 bits per heavy atom. The van der Waals surface area contributed by atoms with E-state index in [9.17, 15) is 13.2 Å². The molecule has 1 saturated heterocycles. The van der Waals surface area contributed by atoms with Crippen LogP contribution in [0, 0.1) is 5.92 Å². The molecule has 0 atom stereocenters. The van der Waals surface area contributed by atoms with Gasteiger partial charge in [0.1, 0.15) is 5.82 Å². The lowest BCUT2D eigenvalue weighted by Gasteiger charge is -2.30. The van der Waals surface area contributed by atoms with Crippen molar-refractivity contribution < 1.29 is 13.2 Å². The van der Waals surface area contributed by atoms with E-state index in [2.05, 4.69) is 41.6 Å². The van der Waals surface area contributed by atoms with Crippen LogP contribution in [0.1, 0.15) is 30.9 Å². The van der Waals surface area contributed by atoms with Crippen molar-refractivity contribution in [2.24, 2.45) is 5.92 Å². The number of aryl methyl sites for hydroxylation is 1. The molecule has 2 heterocycles. The molecule has 32 heavy (non-hydrogen) atoms. The number of nitrogens with zero attached hydrogens (tertiary/aromatic N) is 3. The van der Waals surface area contributed by atoms with Gasteiger partial charge in [0.25, 0.3) is 0 Å². The summed E-state index contributed by atoms with van der Waals surface area (Å²) >= 11 is 0. The third-order valence-electron chi connectivity index (χ3n) is 5.94. The number of amides is 1. The second-order valence-electron chi connectivity index (χ2n) is 8.02. The molecule has 1 amide bonds. The number of benzene rings is 2. The van der Waals surface area contributed by atoms with Gasteiger partial charge in [-0.25, -0.2) is 13.1 Å². The number of aromatic nitrogens is 2. The summed E-state index contributed by atoms with van der Waals surface area (Å²) in [6.45, 7) is 3.36. The minimum Gasteiger partial charge on any atom is -0.311 e. The highest BCUT2D eigenvalue weighted by molar-refractivity contribution is 7.89. The first-order valence-corrected chi connectivity index (χ1v) is 12.4. The monoisotopic (exact) mass is 452 g/mol. The molecule has 3 aromatic rings. The van der Waals surface area contributed by atoms with Gasteiger partial charge in [0, 0.05) is 25.1 Å². The number of anilines is 1. The Hall–Kier alpha value is -2.97. The van der Waals surface area contributed by atoms with Gasteiger partial charge in [-0.15, -0.1) is 0 Å². The first-order chi connectivity index (χ1) is 15.5. The first-order valence-electron chi connectivity index (χ1n) is 10.9. The molecule has 168 valence electrons. The van der Waals surface area contributed by atoms with Crippen LogP contribution < -0.4 is 5.32 Å². The van der Waals surface area contributed by atoms with Crippen LogP contribution in [0.15, 0.2) is 71.8 Å². The van der Waals surface area contributed by atoms with Crippen LogP contribution in [-0.2, 0) is 27.8 Å². The minimum absolute atomic E-state index is 0.0927. The standard InChI is InChI=1S/C24H28N4O3S/c1-2-19-8-10-20(11-9-19)18-28-23(12-15-25-28)26-24(29)21-13-16-27(17-14-21)32(30,31)22-6-4-3-5-7-22/h3-12,15,21H,2,13-14,16-18H2,1H3,(H,26,29). The maximum absolute atomic E-state index is 12.9. The molecule has 0 bridgehead atoms. The normalized spacial score (nSPS) is 15.5. The van der Waals surface area contributed by atoms with Crippen LogP contribution in [0.4, 0.5) is 5.82 Å². The van der Waals surface area contributed by atoms with E-state index in [1.165, 1.54) is 9.87 Å². The molecule has 1 aliphatic heterocycles. The maximum atomic E-state index is 12.9. The van der Waals surface area contributed by atoms with E-state index >= 15 is 0 Å². The van der Waals surface area contributed by atoms with Crippen molar-refractivity contribution in [3.63, 3.8) is 0 Å². The lowest BCUT2D eigenvalue weighted by molar-refractivity contribution is -0.121. The van der Waals surface area contributed by atoms with Crippen molar-refractivity contribution in [1.82, 2.24) is 14.1 Å². The predicted molar refractivity (Wildman–Crippen MR) is 124 cm³/mol. The van der Waals surface area contributed by atoms with E-state index in [0.29, 0.717) is 43.2 Å². The van der Waals surface area contributed by atoms with Gasteiger partial charge < -0.3 is 5.32 Å². The second kappa shape index (κ2) is 9.67. The highest BCUT2D eigenvalue weighted by atomic mass is 32.2. The van der Waals surface area contributed by atoms with Crippen molar-refractivity contribution in [2.45, 2.75) is 37.6 Å². The summed E-state index contributed by atoms with van der Waals surface area (Å²) in [7, 11) is -3.52. The fourth-order valence-corrected chi connectivity index (χ4v) is 5.44. The van der Waals surface area contributed by atoms with Gasteiger partial charge in [0.2, 0.25) is 15.9 Å². The largest absolute Gasteiger partial charge is 0.311 e. The number of hydrogen-bond donors (Lipinski definition) is 1. The molecule has 0 unspecified atom stereocenters. The number of piperidine rings is 1. The van der Waals surface area contributed by atoms with Crippen molar-refractivity contribution in [1.29, 1.82) is 0 Å². The highest BCUT2D eigenvalue weighted by Gasteiger charge is 2.32. The number of hydrogen-bond acceptors (Lipinski definition) is 4. The average molecular weight is 453 g/mol. The first kappa shape index (κ1) is 22.2. The molecule has 7 nitrogen and oxygen atoms in total. The number of carbonyl (C=O) groups is 1. The Bertz CT molecular complexity index is 1150. The molecule has 0 aliphatic carbocycles. The number of nitrogens with one attached hydrogen (secondary N) is 1.